The van der Waals surface area contributed by atoms with Gasteiger partial charge in [-0.15, -0.1) is 0 Å². The number of nitrogens with zero attached hydrogens (tertiary/aromatic N) is 3. The largest absolute Gasteiger partial charge is 0.441 e. The van der Waals surface area contributed by atoms with E-state index in [9.17, 15) is 4.79 Å². The molecule has 1 aromatic heterocycles. The third-order valence-corrected chi connectivity index (χ3v) is 5.72. The van der Waals surface area contributed by atoms with Gasteiger partial charge in [0, 0.05) is 36.8 Å². The van der Waals surface area contributed by atoms with Crippen LogP contribution < -0.4 is 4.90 Å². The van der Waals surface area contributed by atoms with Crippen molar-refractivity contribution < 1.29 is 13.9 Å². The molecule has 0 unspecified atom stereocenters. The van der Waals surface area contributed by atoms with E-state index in [-0.39, 0.29) is 5.91 Å². The topological polar surface area (TPSA) is 58.3 Å². The second kappa shape index (κ2) is 8.43. The number of amides is 1. The minimum atomic E-state index is -0.0652. The lowest BCUT2D eigenvalue weighted by Gasteiger charge is -2.26. The minimum absolute atomic E-state index is 0.0652. The third-order valence-electron chi connectivity index (χ3n) is 4.46. The number of carbonyl (C=O) groups is 1. The van der Waals surface area contributed by atoms with Crippen molar-refractivity contribution in [2.75, 3.05) is 37.7 Å². The van der Waals surface area contributed by atoms with Crippen molar-refractivity contribution in [1.82, 2.24) is 4.90 Å². The molecule has 2 aromatic rings. The summed E-state index contributed by atoms with van der Waals surface area (Å²) in [5.74, 6) is 1.39. The van der Waals surface area contributed by atoms with Gasteiger partial charge >= 0.3 is 0 Å². The number of furan rings is 1. The predicted molar refractivity (Wildman–Crippen MR) is 113 cm³/mol. The molecule has 1 amide bonds. The number of hydrogen-bond donors (Lipinski definition) is 0. The van der Waals surface area contributed by atoms with Gasteiger partial charge in [0.15, 0.2) is 11.1 Å². The van der Waals surface area contributed by atoms with Crippen molar-refractivity contribution in [3.8, 4) is 0 Å². The van der Waals surface area contributed by atoms with E-state index in [1.165, 1.54) is 11.8 Å². The lowest BCUT2D eigenvalue weighted by molar-refractivity contribution is -0.122. The molecular weight excluding hydrogens is 398 g/mol. The smallest absolute Gasteiger partial charge is 0.266 e. The maximum atomic E-state index is 12.8. The van der Waals surface area contributed by atoms with Gasteiger partial charge in [0.1, 0.15) is 5.76 Å². The molecule has 0 N–H and O–H groups in total. The van der Waals surface area contributed by atoms with Crippen molar-refractivity contribution in [3.05, 3.63) is 52.1 Å². The number of thioether (sulfide) groups is 1. The Kier molecular flexibility index (Phi) is 5.75. The van der Waals surface area contributed by atoms with Crippen molar-refractivity contribution in [2.24, 2.45) is 4.99 Å². The molecular formula is C20H20ClN3O3S. The first-order valence-corrected chi connectivity index (χ1v) is 10.3. The molecule has 0 spiro atoms. The SMILES string of the molecule is CCN1C(=O)/C(=C\c2ccc(N3CCOCC3)o2)SC1=Nc1ccc(Cl)cc1. The number of morpholine rings is 1. The Morgan fingerprint density at radius 1 is 1.18 bits per heavy atom. The molecule has 0 aliphatic carbocycles. The molecule has 6 nitrogen and oxygen atoms in total. The van der Waals surface area contributed by atoms with Gasteiger partial charge in [-0.1, -0.05) is 11.6 Å². The number of rotatable bonds is 4. The van der Waals surface area contributed by atoms with Gasteiger partial charge in [-0.3, -0.25) is 9.69 Å². The van der Waals surface area contributed by atoms with Gasteiger partial charge in [0.25, 0.3) is 5.91 Å². The van der Waals surface area contributed by atoms with Crippen LogP contribution in [0.4, 0.5) is 11.6 Å². The first kappa shape index (κ1) is 19.1. The molecule has 0 bridgehead atoms. The van der Waals surface area contributed by atoms with Crippen molar-refractivity contribution in [1.29, 1.82) is 0 Å². The van der Waals surface area contributed by atoms with Gasteiger partial charge in [0.05, 0.1) is 23.8 Å². The summed E-state index contributed by atoms with van der Waals surface area (Å²) in [6.07, 6.45) is 1.78. The predicted octanol–water partition coefficient (Wildman–Crippen LogP) is 4.39. The summed E-state index contributed by atoms with van der Waals surface area (Å²) in [5.41, 5.74) is 0.756. The second-order valence-electron chi connectivity index (χ2n) is 6.31. The number of ether oxygens (including phenoxy) is 1. The highest BCUT2D eigenvalue weighted by atomic mass is 35.5. The number of benzene rings is 1. The van der Waals surface area contributed by atoms with Gasteiger partial charge < -0.3 is 14.1 Å². The molecule has 146 valence electrons. The first-order valence-electron chi connectivity index (χ1n) is 9.12. The molecule has 2 fully saturated rings. The number of amidine groups is 1. The fourth-order valence-electron chi connectivity index (χ4n) is 3.00. The summed E-state index contributed by atoms with van der Waals surface area (Å²) >= 11 is 7.28. The average molecular weight is 418 g/mol. The molecule has 0 atom stereocenters. The number of halogens is 1. The Morgan fingerprint density at radius 2 is 1.93 bits per heavy atom. The summed E-state index contributed by atoms with van der Waals surface area (Å²) in [6, 6.07) is 11.0. The van der Waals surface area contributed by atoms with Crippen LogP contribution in [-0.2, 0) is 9.53 Å². The molecule has 28 heavy (non-hydrogen) atoms. The van der Waals surface area contributed by atoms with Crippen molar-refractivity contribution in [2.45, 2.75) is 6.92 Å². The fraction of sp³-hybridized carbons (Fsp3) is 0.300. The lowest BCUT2D eigenvalue weighted by Crippen LogP contribution is -2.35. The Morgan fingerprint density at radius 3 is 2.64 bits per heavy atom. The van der Waals surface area contributed by atoms with Crippen LogP contribution in [-0.4, -0.2) is 48.8 Å². The Balaban J connectivity index is 1.55. The summed E-state index contributed by atoms with van der Waals surface area (Å²) in [7, 11) is 0. The zero-order chi connectivity index (χ0) is 19.5. The van der Waals surface area contributed by atoms with Crippen LogP contribution in [0.5, 0.6) is 0 Å². The van der Waals surface area contributed by atoms with Crippen LogP contribution in [0.25, 0.3) is 6.08 Å². The van der Waals surface area contributed by atoms with Crippen LogP contribution in [0.2, 0.25) is 5.02 Å². The normalized spacial score (nSPS) is 20.6. The summed E-state index contributed by atoms with van der Waals surface area (Å²) in [5, 5.41) is 1.31. The van der Waals surface area contributed by atoms with Crippen LogP contribution in [0.3, 0.4) is 0 Å². The highest BCUT2D eigenvalue weighted by molar-refractivity contribution is 8.18. The number of likely N-dealkylation sites (N-methyl/N-ethyl adjacent to an activating group) is 1. The monoisotopic (exact) mass is 417 g/mol. The number of aliphatic imine (C=N–C) groups is 1. The van der Waals surface area contributed by atoms with Crippen molar-refractivity contribution >= 4 is 52.1 Å². The molecule has 0 radical (unpaired) electrons. The van der Waals surface area contributed by atoms with E-state index in [1.807, 2.05) is 31.2 Å². The van der Waals surface area contributed by atoms with E-state index in [4.69, 9.17) is 20.8 Å². The zero-order valence-electron chi connectivity index (χ0n) is 15.4. The molecule has 3 heterocycles. The van der Waals surface area contributed by atoms with E-state index < -0.39 is 0 Å². The summed E-state index contributed by atoms with van der Waals surface area (Å²) < 4.78 is 11.3. The van der Waals surface area contributed by atoms with Crippen LogP contribution >= 0.6 is 23.4 Å². The highest BCUT2D eigenvalue weighted by Crippen LogP contribution is 2.35. The van der Waals surface area contributed by atoms with Gasteiger partial charge in [-0.2, -0.15) is 0 Å². The molecule has 8 heteroatoms. The standard InChI is InChI=1S/C20H20ClN3O3S/c1-2-24-19(25)17(28-20(24)22-15-5-3-14(21)4-6-15)13-16-7-8-18(27-16)23-9-11-26-12-10-23/h3-8,13H,2,9-12H2,1H3/b17-13+,22-20?. The van der Waals surface area contributed by atoms with Crippen molar-refractivity contribution in [3.63, 3.8) is 0 Å². The third kappa shape index (κ3) is 4.11. The second-order valence-corrected chi connectivity index (χ2v) is 7.75. The Bertz CT molecular complexity index is 917. The number of hydrogen-bond acceptors (Lipinski definition) is 6. The average Bonchev–Trinajstić information content (AvgIpc) is 3.29. The lowest BCUT2D eigenvalue weighted by atomic mass is 10.3. The highest BCUT2D eigenvalue weighted by Gasteiger charge is 2.32. The number of anilines is 1. The van der Waals surface area contributed by atoms with Gasteiger partial charge in [-0.25, -0.2) is 4.99 Å². The molecule has 2 aliphatic rings. The Hall–Kier alpha value is -2.22. The molecule has 1 aromatic carbocycles. The van der Waals surface area contributed by atoms with Gasteiger partial charge in [-0.05, 0) is 49.0 Å². The molecule has 2 aliphatic heterocycles. The van der Waals surface area contributed by atoms with Crippen LogP contribution in [0.1, 0.15) is 12.7 Å². The Labute approximate surface area is 172 Å². The molecule has 2 saturated heterocycles. The summed E-state index contributed by atoms with van der Waals surface area (Å²) in [6.45, 7) is 5.48. The van der Waals surface area contributed by atoms with E-state index in [2.05, 4.69) is 9.89 Å². The van der Waals surface area contributed by atoms with Crippen LogP contribution in [0.15, 0.2) is 50.7 Å². The zero-order valence-corrected chi connectivity index (χ0v) is 17.0. The van der Waals surface area contributed by atoms with E-state index in [1.54, 1.807) is 23.1 Å². The molecule has 0 saturated carbocycles. The van der Waals surface area contributed by atoms with Gasteiger partial charge in [0.2, 0.25) is 0 Å². The minimum Gasteiger partial charge on any atom is -0.441 e. The van der Waals surface area contributed by atoms with E-state index in [0.717, 1.165) is 24.7 Å². The van der Waals surface area contributed by atoms with E-state index in [0.29, 0.717) is 40.6 Å². The maximum Gasteiger partial charge on any atom is 0.266 e. The quantitative estimate of drug-likeness (QED) is 0.690. The fourth-order valence-corrected chi connectivity index (χ4v) is 4.17. The van der Waals surface area contributed by atoms with E-state index >= 15 is 0 Å². The first-order chi connectivity index (χ1) is 13.6. The number of carbonyl (C=O) groups excluding carboxylic acids is 1. The molecule has 4 rings (SSSR count). The van der Waals surface area contributed by atoms with Crippen LogP contribution in [0, 0.1) is 0 Å². The maximum absolute atomic E-state index is 12.8. The summed E-state index contributed by atoms with van der Waals surface area (Å²) in [4.78, 5) is 21.8.